The SMILES string of the molecule is COc1cc(C)cc(C)c1C1CCCC1Cl. The highest BCUT2D eigenvalue weighted by atomic mass is 35.5. The zero-order chi connectivity index (χ0) is 11.7. The molecule has 1 aromatic rings. The molecular weight excluding hydrogens is 220 g/mol. The van der Waals surface area contributed by atoms with Gasteiger partial charge in [-0.2, -0.15) is 0 Å². The summed E-state index contributed by atoms with van der Waals surface area (Å²) in [6.45, 7) is 4.26. The number of aryl methyl sites for hydroxylation is 2. The van der Waals surface area contributed by atoms with Gasteiger partial charge in [-0.15, -0.1) is 11.6 Å². The quantitative estimate of drug-likeness (QED) is 0.703. The zero-order valence-electron chi connectivity index (χ0n) is 10.2. The Morgan fingerprint density at radius 2 is 2.00 bits per heavy atom. The maximum Gasteiger partial charge on any atom is 0.122 e. The van der Waals surface area contributed by atoms with Crippen LogP contribution in [0.3, 0.4) is 0 Å². The molecular formula is C14H19ClO. The molecule has 0 heterocycles. The van der Waals surface area contributed by atoms with Gasteiger partial charge in [0.1, 0.15) is 5.75 Å². The molecule has 0 spiro atoms. The van der Waals surface area contributed by atoms with E-state index in [1.165, 1.54) is 29.5 Å². The molecule has 2 unspecified atom stereocenters. The summed E-state index contributed by atoms with van der Waals surface area (Å²) in [7, 11) is 1.75. The highest BCUT2D eigenvalue weighted by molar-refractivity contribution is 6.21. The molecule has 1 aromatic carbocycles. The first-order valence-electron chi connectivity index (χ1n) is 5.92. The van der Waals surface area contributed by atoms with Gasteiger partial charge in [0, 0.05) is 16.9 Å². The van der Waals surface area contributed by atoms with Gasteiger partial charge in [-0.3, -0.25) is 0 Å². The monoisotopic (exact) mass is 238 g/mol. The van der Waals surface area contributed by atoms with Gasteiger partial charge in [0.2, 0.25) is 0 Å². The lowest BCUT2D eigenvalue weighted by Crippen LogP contribution is -2.09. The second kappa shape index (κ2) is 4.67. The molecule has 0 N–H and O–H groups in total. The lowest BCUT2D eigenvalue weighted by Gasteiger charge is -2.20. The summed E-state index contributed by atoms with van der Waals surface area (Å²) < 4.78 is 5.51. The van der Waals surface area contributed by atoms with Crippen LogP contribution in [0.25, 0.3) is 0 Å². The highest BCUT2D eigenvalue weighted by Crippen LogP contribution is 2.43. The van der Waals surface area contributed by atoms with E-state index >= 15 is 0 Å². The Hall–Kier alpha value is -0.690. The Bertz CT molecular complexity index is 387. The Balaban J connectivity index is 2.46. The minimum atomic E-state index is 0.273. The standard InChI is InChI=1S/C14H19ClO/c1-9-7-10(2)14(13(8-9)16-3)11-5-4-6-12(11)15/h7-8,11-12H,4-6H2,1-3H3. The summed E-state index contributed by atoms with van der Waals surface area (Å²) in [5, 5.41) is 0.273. The van der Waals surface area contributed by atoms with Crippen LogP contribution < -0.4 is 4.74 Å². The third kappa shape index (κ3) is 2.06. The molecule has 1 saturated carbocycles. The molecule has 0 bridgehead atoms. The second-order valence-electron chi connectivity index (χ2n) is 4.75. The summed E-state index contributed by atoms with van der Waals surface area (Å²) in [5.74, 6) is 1.48. The van der Waals surface area contributed by atoms with Gasteiger partial charge in [0.05, 0.1) is 7.11 Å². The fourth-order valence-electron chi connectivity index (χ4n) is 2.82. The first kappa shape index (κ1) is 11.8. The Labute approximate surface area is 103 Å². The third-order valence-corrected chi connectivity index (χ3v) is 4.04. The van der Waals surface area contributed by atoms with Crippen LogP contribution in [-0.2, 0) is 0 Å². The van der Waals surface area contributed by atoms with Crippen LogP contribution in [0, 0.1) is 13.8 Å². The Morgan fingerprint density at radius 1 is 1.25 bits per heavy atom. The molecule has 88 valence electrons. The Kier molecular flexibility index (Phi) is 3.44. The van der Waals surface area contributed by atoms with Gasteiger partial charge >= 0.3 is 0 Å². The normalized spacial score (nSPS) is 24.8. The minimum absolute atomic E-state index is 0.273. The van der Waals surface area contributed by atoms with Crippen LogP contribution in [0.15, 0.2) is 12.1 Å². The molecule has 0 aliphatic heterocycles. The maximum atomic E-state index is 6.40. The van der Waals surface area contributed by atoms with Gasteiger partial charge < -0.3 is 4.74 Å². The molecule has 2 rings (SSSR count). The zero-order valence-corrected chi connectivity index (χ0v) is 11.0. The smallest absolute Gasteiger partial charge is 0.122 e. The Morgan fingerprint density at radius 3 is 2.56 bits per heavy atom. The van der Waals surface area contributed by atoms with E-state index in [0.717, 1.165) is 12.2 Å². The van der Waals surface area contributed by atoms with E-state index in [9.17, 15) is 0 Å². The predicted octanol–water partition coefficient (Wildman–Crippen LogP) is 4.19. The molecule has 16 heavy (non-hydrogen) atoms. The molecule has 1 fully saturated rings. The maximum absolute atomic E-state index is 6.40. The minimum Gasteiger partial charge on any atom is -0.496 e. The van der Waals surface area contributed by atoms with E-state index < -0.39 is 0 Å². The van der Waals surface area contributed by atoms with Crippen LogP contribution in [0.4, 0.5) is 0 Å². The van der Waals surface area contributed by atoms with Gasteiger partial charge in [-0.05, 0) is 43.9 Å². The number of halogens is 1. The van der Waals surface area contributed by atoms with E-state index in [4.69, 9.17) is 16.3 Å². The van der Waals surface area contributed by atoms with Crippen LogP contribution >= 0.6 is 11.6 Å². The molecule has 2 heteroatoms. The number of benzene rings is 1. The van der Waals surface area contributed by atoms with Gasteiger partial charge in [-0.1, -0.05) is 12.5 Å². The van der Waals surface area contributed by atoms with Crippen LogP contribution in [0.1, 0.15) is 41.9 Å². The number of hydrogen-bond acceptors (Lipinski definition) is 1. The van der Waals surface area contributed by atoms with Crippen LogP contribution in [0.2, 0.25) is 0 Å². The highest BCUT2D eigenvalue weighted by Gasteiger charge is 2.30. The number of alkyl halides is 1. The molecule has 1 aliphatic carbocycles. The van der Waals surface area contributed by atoms with E-state index in [-0.39, 0.29) is 5.38 Å². The fourth-order valence-corrected chi connectivity index (χ4v) is 3.23. The molecule has 0 radical (unpaired) electrons. The van der Waals surface area contributed by atoms with Crippen molar-refractivity contribution in [2.45, 2.75) is 44.4 Å². The molecule has 0 saturated heterocycles. The summed E-state index contributed by atoms with van der Waals surface area (Å²) >= 11 is 6.40. The number of ether oxygens (including phenoxy) is 1. The van der Waals surface area contributed by atoms with E-state index in [0.29, 0.717) is 5.92 Å². The fraction of sp³-hybridized carbons (Fsp3) is 0.571. The van der Waals surface area contributed by atoms with Crippen molar-refractivity contribution in [3.05, 3.63) is 28.8 Å². The summed E-state index contributed by atoms with van der Waals surface area (Å²) in [6.07, 6.45) is 3.55. The number of methoxy groups -OCH3 is 1. The topological polar surface area (TPSA) is 9.23 Å². The summed E-state index contributed by atoms with van der Waals surface area (Å²) in [6, 6.07) is 4.34. The van der Waals surface area contributed by atoms with Crippen molar-refractivity contribution in [1.29, 1.82) is 0 Å². The van der Waals surface area contributed by atoms with Crippen LogP contribution in [-0.4, -0.2) is 12.5 Å². The third-order valence-electron chi connectivity index (χ3n) is 3.52. The van der Waals surface area contributed by atoms with Crippen LogP contribution in [0.5, 0.6) is 5.75 Å². The van der Waals surface area contributed by atoms with Crippen molar-refractivity contribution in [3.63, 3.8) is 0 Å². The first-order chi connectivity index (χ1) is 7.63. The van der Waals surface area contributed by atoms with Crippen molar-refractivity contribution in [3.8, 4) is 5.75 Å². The molecule has 0 amide bonds. The molecule has 1 nitrogen and oxygen atoms in total. The molecule has 2 atom stereocenters. The van der Waals surface area contributed by atoms with Crippen molar-refractivity contribution in [2.75, 3.05) is 7.11 Å². The van der Waals surface area contributed by atoms with Crippen molar-refractivity contribution < 1.29 is 4.74 Å². The summed E-state index contributed by atoms with van der Waals surface area (Å²) in [4.78, 5) is 0. The first-order valence-corrected chi connectivity index (χ1v) is 6.36. The number of hydrogen-bond donors (Lipinski definition) is 0. The van der Waals surface area contributed by atoms with Gasteiger partial charge in [-0.25, -0.2) is 0 Å². The van der Waals surface area contributed by atoms with Crippen molar-refractivity contribution >= 4 is 11.6 Å². The van der Waals surface area contributed by atoms with E-state index in [1.807, 2.05) is 0 Å². The van der Waals surface area contributed by atoms with Gasteiger partial charge in [0.25, 0.3) is 0 Å². The second-order valence-corrected chi connectivity index (χ2v) is 5.31. The molecule has 0 aromatic heterocycles. The van der Waals surface area contributed by atoms with Gasteiger partial charge in [0.15, 0.2) is 0 Å². The molecule has 1 aliphatic rings. The lowest BCUT2D eigenvalue weighted by atomic mass is 9.91. The largest absolute Gasteiger partial charge is 0.496 e. The van der Waals surface area contributed by atoms with E-state index in [2.05, 4.69) is 26.0 Å². The average Bonchev–Trinajstić information content (AvgIpc) is 2.63. The van der Waals surface area contributed by atoms with Crippen molar-refractivity contribution in [2.24, 2.45) is 0 Å². The van der Waals surface area contributed by atoms with E-state index in [1.54, 1.807) is 7.11 Å². The average molecular weight is 239 g/mol. The summed E-state index contributed by atoms with van der Waals surface area (Å²) in [5.41, 5.74) is 3.89. The van der Waals surface area contributed by atoms with Crippen molar-refractivity contribution in [1.82, 2.24) is 0 Å². The number of rotatable bonds is 2. The lowest BCUT2D eigenvalue weighted by molar-refractivity contribution is 0.404. The predicted molar refractivity (Wildman–Crippen MR) is 68.7 cm³/mol.